The third-order valence-electron chi connectivity index (χ3n) is 3.01. The van der Waals surface area contributed by atoms with Crippen LogP contribution < -0.4 is 5.32 Å². The van der Waals surface area contributed by atoms with E-state index in [4.69, 9.17) is 13.9 Å². The van der Waals surface area contributed by atoms with Crippen LogP contribution in [0.3, 0.4) is 0 Å². The molecule has 6 nitrogen and oxygen atoms in total. The highest BCUT2D eigenvalue weighted by Gasteiger charge is 2.29. The number of carbonyl (C=O) groups is 1. The lowest BCUT2D eigenvalue weighted by atomic mass is 9.94. The van der Waals surface area contributed by atoms with Gasteiger partial charge in [-0.25, -0.2) is 4.79 Å². The van der Waals surface area contributed by atoms with E-state index in [1.165, 1.54) is 6.26 Å². The normalized spacial score (nSPS) is 21.9. The Balaban J connectivity index is 1.94. The van der Waals surface area contributed by atoms with Gasteiger partial charge in [0, 0.05) is 12.6 Å². The number of nitrogens with one attached hydrogen (secondary N) is 1. The quantitative estimate of drug-likeness (QED) is 0.844. The molecule has 6 heteroatoms. The summed E-state index contributed by atoms with van der Waals surface area (Å²) < 4.78 is 15.7. The van der Waals surface area contributed by atoms with Gasteiger partial charge < -0.3 is 19.2 Å². The van der Waals surface area contributed by atoms with Crippen LogP contribution in [-0.2, 0) is 9.47 Å². The molecular formula is C13H20N2O4. The maximum Gasteiger partial charge on any atom is 0.360 e. The molecule has 0 radical (unpaired) electrons. The van der Waals surface area contributed by atoms with Crippen LogP contribution in [0.1, 0.15) is 44.1 Å². The van der Waals surface area contributed by atoms with Crippen molar-refractivity contribution in [3.63, 3.8) is 0 Å². The van der Waals surface area contributed by atoms with Gasteiger partial charge in [-0.15, -0.1) is 0 Å². The van der Waals surface area contributed by atoms with Crippen LogP contribution in [0.25, 0.3) is 0 Å². The highest BCUT2D eigenvalue weighted by molar-refractivity contribution is 5.87. The topological polar surface area (TPSA) is 73.6 Å². The van der Waals surface area contributed by atoms with E-state index in [9.17, 15) is 4.79 Å². The second kappa shape index (κ2) is 5.61. The monoisotopic (exact) mass is 268 g/mol. The van der Waals surface area contributed by atoms with Crippen molar-refractivity contribution < 1.29 is 18.7 Å². The average molecular weight is 268 g/mol. The van der Waals surface area contributed by atoms with Crippen LogP contribution in [0.4, 0.5) is 6.01 Å². The summed E-state index contributed by atoms with van der Waals surface area (Å²) in [5.74, 6) is -0.466. The predicted molar refractivity (Wildman–Crippen MR) is 69.1 cm³/mol. The van der Waals surface area contributed by atoms with Crippen molar-refractivity contribution in [1.29, 1.82) is 0 Å². The number of hydrogen-bond donors (Lipinski definition) is 1. The highest BCUT2D eigenvalue weighted by atomic mass is 16.5. The van der Waals surface area contributed by atoms with Crippen molar-refractivity contribution in [2.75, 3.05) is 18.5 Å². The van der Waals surface area contributed by atoms with Crippen LogP contribution >= 0.6 is 0 Å². The fraction of sp³-hybridized carbons (Fsp3) is 0.692. The van der Waals surface area contributed by atoms with E-state index in [-0.39, 0.29) is 17.3 Å². The second-order valence-electron chi connectivity index (χ2n) is 5.20. The molecule has 19 heavy (non-hydrogen) atoms. The first-order valence-corrected chi connectivity index (χ1v) is 6.53. The van der Waals surface area contributed by atoms with Crippen LogP contribution in [0.2, 0.25) is 0 Å². The standard InChI is InChI=1S/C13H20N2O4/c1-4-17-11(16)10-8-18-12(15-10)14-9-5-6-19-13(2,3)7-9/h8-9H,4-7H2,1-3H3,(H,14,15). The first-order valence-electron chi connectivity index (χ1n) is 6.53. The Kier molecular flexibility index (Phi) is 4.09. The number of nitrogens with zero attached hydrogens (tertiary/aromatic N) is 1. The summed E-state index contributed by atoms with van der Waals surface area (Å²) >= 11 is 0. The van der Waals surface area contributed by atoms with Gasteiger partial charge in [-0.05, 0) is 33.6 Å². The van der Waals surface area contributed by atoms with Gasteiger partial charge in [0.05, 0.1) is 12.2 Å². The van der Waals surface area contributed by atoms with Gasteiger partial charge >= 0.3 is 5.97 Å². The summed E-state index contributed by atoms with van der Waals surface area (Å²) in [7, 11) is 0. The molecule has 0 aromatic carbocycles. The lowest BCUT2D eigenvalue weighted by Crippen LogP contribution is -2.40. The number of carbonyl (C=O) groups excluding carboxylic acids is 1. The van der Waals surface area contributed by atoms with Crippen molar-refractivity contribution >= 4 is 12.0 Å². The molecule has 0 amide bonds. The van der Waals surface area contributed by atoms with Crippen molar-refractivity contribution in [3.05, 3.63) is 12.0 Å². The van der Waals surface area contributed by atoms with Crippen LogP contribution in [-0.4, -0.2) is 35.8 Å². The second-order valence-corrected chi connectivity index (χ2v) is 5.20. The van der Waals surface area contributed by atoms with Crippen molar-refractivity contribution in [1.82, 2.24) is 4.98 Å². The highest BCUT2D eigenvalue weighted by Crippen LogP contribution is 2.26. The van der Waals surface area contributed by atoms with E-state index >= 15 is 0 Å². The molecule has 0 bridgehead atoms. The van der Waals surface area contributed by atoms with Gasteiger partial charge in [-0.1, -0.05) is 0 Å². The van der Waals surface area contributed by atoms with Gasteiger partial charge in [0.1, 0.15) is 6.26 Å². The van der Waals surface area contributed by atoms with E-state index in [0.29, 0.717) is 19.2 Å². The van der Waals surface area contributed by atoms with E-state index in [1.807, 2.05) is 0 Å². The smallest absolute Gasteiger partial charge is 0.360 e. The third-order valence-corrected chi connectivity index (χ3v) is 3.01. The fourth-order valence-corrected chi connectivity index (χ4v) is 2.17. The Morgan fingerprint density at radius 2 is 2.42 bits per heavy atom. The molecule has 1 fully saturated rings. The van der Waals surface area contributed by atoms with Crippen LogP contribution in [0, 0.1) is 0 Å². The first kappa shape index (κ1) is 13.9. The number of anilines is 1. The summed E-state index contributed by atoms with van der Waals surface area (Å²) in [5.41, 5.74) is 0.0441. The molecule has 0 spiro atoms. The molecule has 106 valence electrons. The third kappa shape index (κ3) is 3.70. The van der Waals surface area contributed by atoms with Crippen molar-refractivity contribution in [2.45, 2.75) is 45.3 Å². The molecule has 1 aliphatic heterocycles. The Hall–Kier alpha value is -1.56. The molecule has 1 N–H and O–H groups in total. The maximum atomic E-state index is 11.5. The summed E-state index contributed by atoms with van der Waals surface area (Å²) in [6, 6.07) is 0.586. The van der Waals surface area contributed by atoms with Crippen LogP contribution in [0.15, 0.2) is 10.7 Å². The molecule has 2 rings (SSSR count). The lowest BCUT2D eigenvalue weighted by molar-refractivity contribution is -0.0555. The number of aromatic nitrogens is 1. The summed E-state index contributed by atoms with van der Waals surface area (Å²) in [6.45, 7) is 6.89. The fourth-order valence-electron chi connectivity index (χ4n) is 2.17. The Morgan fingerprint density at radius 1 is 1.63 bits per heavy atom. The SMILES string of the molecule is CCOC(=O)c1coc(NC2CCOC(C)(C)C2)n1. The van der Waals surface area contributed by atoms with Gasteiger partial charge in [-0.3, -0.25) is 0 Å². The molecule has 0 saturated carbocycles. The molecule has 0 aliphatic carbocycles. The number of oxazole rings is 1. The average Bonchev–Trinajstić information content (AvgIpc) is 2.76. The van der Waals surface area contributed by atoms with Gasteiger partial charge in [-0.2, -0.15) is 4.98 Å². The minimum absolute atomic E-state index is 0.146. The molecule has 1 unspecified atom stereocenters. The summed E-state index contributed by atoms with van der Waals surface area (Å²) in [4.78, 5) is 15.5. The summed E-state index contributed by atoms with van der Waals surface area (Å²) in [6.07, 6.45) is 3.06. The zero-order chi connectivity index (χ0) is 13.9. The maximum absolute atomic E-state index is 11.5. The number of hydrogen-bond acceptors (Lipinski definition) is 6. The van der Waals surface area contributed by atoms with Crippen molar-refractivity contribution in [3.8, 4) is 0 Å². The summed E-state index contributed by atoms with van der Waals surface area (Å²) in [5, 5.41) is 3.19. The molecule has 1 atom stereocenters. The minimum atomic E-state index is -0.466. The number of rotatable bonds is 4. The predicted octanol–water partition coefficient (Wildman–Crippen LogP) is 2.22. The van der Waals surface area contributed by atoms with E-state index in [0.717, 1.165) is 12.8 Å². The lowest BCUT2D eigenvalue weighted by Gasteiger charge is -2.35. The number of ether oxygens (including phenoxy) is 2. The minimum Gasteiger partial charge on any atom is -0.461 e. The zero-order valence-corrected chi connectivity index (χ0v) is 11.6. The van der Waals surface area contributed by atoms with Gasteiger partial charge in [0.15, 0.2) is 5.69 Å². The largest absolute Gasteiger partial charge is 0.461 e. The Morgan fingerprint density at radius 3 is 3.11 bits per heavy atom. The number of esters is 1. The van der Waals surface area contributed by atoms with Gasteiger partial charge in [0.25, 0.3) is 6.01 Å². The zero-order valence-electron chi connectivity index (χ0n) is 11.6. The first-order chi connectivity index (χ1) is 9.00. The Bertz CT molecular complexity index is 442. The molecule has 1 aromatic rings. The Labute approximate surface area is 112 Å². The molecule has 1 saturated heterocycles. The van der Waals surface area contributed by atoms with E-state index < -0.39 is 5.97 Å². The molecule has 2 heterocycles. The van der Waals surface area contributed by atoms with Crippen molar-refractivity contribution in [2.24, 2.45) is 0 Å². The molecular weight excluding hydrogens is 248 g/mol. The van der Waals surface area contributed by atoms with Crippen LogP contribution in [0.5, 0.6) is 0 Å². The molecule has 1 aliphatic rings. The van der Waals surface area contributed by atoms with E-state index in [2.05, 4.69) is 24.1 Å². The molecule has 1 aromatic heterocycles. The van der Waals surface area contributed by atoms with E-state index in [1.54, 1.807) is 6.92 Å². The van der Waals surface area contributed by atoms with Gasteiger partial charge in [0.2, 0.25) is 0 Å².